The molecule has 1 unspecified atom stereocenters. The molecule has 0 bridgehead atoms. The Kier molecular flexibility index (Phi) is 4.62. The van der Waals surface area contributed by atoms with Crippen LogP contribution in [0.5, 0.6) is 0 Å². The third-order valence-corrected chi connectivity index (χ3v) is 3.71. The predicted octanol–water partition coefficient (Wildman–Crippen LogP) is 4.53. The second-order valence-corrected chi connectivity index (χ2v) is 5.75. The minimum Gasteiger partial charge on any atom is -0.327 e. The highest BCUT2D eigenvalue weighted by atomic mass is 35.5. The predicted molar refractivity (Wildman–Crippen MR) is 83.4 cm³/mol. The van der Waals surface area contributed by atoms with Gasteiger partial charge >= 0.3 is 0 Å². The summed E-state index contributed by atoms with van der Waals surface area (Å²) >= 11 is 5.90. The maximum absolute atomic E-state index is 6.10. The Bertz CT molecular complexity index is 514. The molecular formula is C17H20ClN. The van der Waals surface area contributed by atoms with Gasteiger partial charge in [-0.25, -0.2) is 0 Å². The first-order valence-corrected chi connectivity index (χ1v) is 7.04. The van der Waals surface area contributed by atoms with Crippen molar-refractivity contribution in [2.75, 3.05) is 0 Å². The Balaban J connectivity index is 2.12. The first kappa shape index (κ1) is 14.1. The average molecular weight is 274 g/mol. The van der Waals surface area contributed by atoms with Crippen LogP contribution in [0.3, 0.4) is 0 Å². The van der Waals surface area contributed by atoms with Gasteiger partial charge in [-0.15, -0.1) is 0 Å². The topological polar surface area (TPSA) is 26.0 Å². The van der Waals surface area contributed by atoms with Gasteiger partial charge in [-0.3, -0.25) is 0 Å². The summed E-state index contributed by atoms with van der Waals surface area (Å²) < 4.78 is 0. The van der Waals surface area contributed by atoms with Gasteiger partial charge in [0.2, 0.25) is 0 Å². The van der Waals surface area contributed by atoms with Crippen molar-refractivity contribution in [3.05, 3.63) is 59.1 Å². The lowest BCUT2D eigenvalue weighted by molar-refractivity contribution is 0.490. The molecule has 0 aliphatic rings. The fourth-order valence-electron chi connectivity index (χ4n) is 1.98. The van der Waals surface area contributed by atoms with Crippen LogP contribution in [0, 0.1) is 5.92 Å². The molecule has 0 radical (unpaired) electrons. The van der Waals surface area contributed by atoms with E-state index < -0.39 is 0 Å². The molecule has 19 heavy (non-hydrogen) atoms. The lowest BCUT2D eigenvalue weighted by Gasteiger charge is -2.15. The molecule has 2 aromatic carbocycles. The van der Waals surface area contributed by atoms with Gasteiger partial charge in [-0.2, -0.15) is 0 Å². The van der Waals surface area contributed by atoms with E-state index in [9.17, 15) is 0 Å². The highest BCUT2D eigenvalue weighted by Gasteiger charge is 2.08. The number of nitrogens with two attached hydrogens (primary N) is 1. The van der Waals surface area contributed by atoms with Crippen LogP contribution in [0.25, 0.3) is 11.1 Å². The Morgan fingerprint density at radius 2 is 1.37 bits per heavy atom. The molecule has 0 heterocycles. The van der Waals surface area contributed by atoms with Crippen LogP contribution in [0.2, 0.25) is 5.02 Å². The van der Waals surface area contributed by atoms with E-state index in [1.54, 1.807) is 0 Å². The molecule has 0 fully saturated rings. The van der Waals surface area contributed by atoms with Gasteiger partial charge in [0.05, 0.1) is 0 Å². The van der Waals surface area contributed by atoms with Crippen LogP contribution in [0.1, 0.15) is 19.4 Å². The second kappa shape index (κ2) is 6.23. The van der Waals surface area contributed by atoms with Crippen LogP contribution in [-0.4, -0.2) is 6.04 Å². The van der Waals surface area contributed by atoms with Gasteiger partial charge in [0.15, 0.2) is 0 Å². The maximum Gasteiger partial charge on any atom is 0.0406 e. The molecule has 0 aliphatic carbocycles. The lowest BCUT2D eigenvalue weighted by Crippen LogP contribution is -2.28. The van der Waals surface area contributed by atoms with Crippen LogP contribution < -0.4 is 5.73 Å². The number of halogens is 1. The van der Waals surface area contributed by atoms with Gasteiger partial charge in [0.25, 0.3) is 0 Å². The number of rotatable bonds is 4. The summed E-state index contributed by atoms with van der Waals surface area (Å²) in [6.07, 6.45) is 0.929. The largest absolute Gasteiger partial charge is 0.327 e. The molecule has 2 heteroatoms. The van der Waals surface area contributed by atoms with Gasteiger partial charge in [-0.05, 0) is 41.2 Å². The van der Waals surface area contributed by atoms with E-state index in [2.05, 4.69) is 38.1 Å². The van der Waals surface area contributed by atoms with Gasteiger partial charge in [0.1, 0.15) is 0 Å². The van der Waals surface area contributed by atoms with E-state index >= 15 is 0 Å². The normalized spacial score (nSPS) is 12.7. The van der Waals surface area contributed by atoms with Crippen molar-refractivity contribution in [3.8, 4) is 11.1 Å². The molecule has 0 spiro atoms. The SMILES string of the molecule is CC(C)C(N)Cc1ccc(-c2ccc(Cl)cc2)cc1. The van der Waals surface area contributed by atoms with Crippen molar-refractivity contribution in [1.29, 1.82) is 0 Å². The number of hydrogen-bond acceptors (Lipinski definition) is 1. The molecular weight excluding hydrogens is 254 g/mol. The zero-order valence-corrected chi connectivity index (χ0v) is 12.2. The highest BCUT2D eigenvalue weighted by Crippen LogP contribution is 2.22. The summed E-state index contributed by atoms with van der Waals surface area (Å²) in [7, 11) is 0. The van der Waals surface area contributed by atoms with E-state index in [0.717, 1.165) is 11.4 Å². The summed E-state index contributed by atoms with van der Waals surface area (Å²) in [5.74, 6) is 0.510. The second-order valence-electron chi connectivity index (χ2n) is 5.32. The molecule has 1 nitrogen and oxygen atoms in total. The smallest absolute Gasteiger partial charge is 0.0406 e. The maximum atomic E-state index is 6.10. The van der Waals surface area contributed by atoms with E-state index in [4.69, 9.17) is 17.3 Å². The average Bonchev–Trinajstić information content (AvgIpc) is 2.40. The minimum atomic E-state index is 0.224. The van der Waals surface area contributed by atoms with Crippen molar-refractivity contribution in [2.45, 2.75) is 26.3 Å². The summed E-state index contributed by atoms with van der Waals surface area (Å²) in [5, 5.41) is 0.767. The third kappa shape index (κ3) is 3.82. The molecule has 2 N–H and O–H groups in total. The van der Waals surface area contributed by atoms with Crippen molar-refractivity contribution in [3.63, 3.8) is 0 Å². The van der Waals surface area contributed by atoms with Gasteiger partial charge in [0, 0.05) is 11.1 Å². The molecule has 100 valence electrons. The lowest BCUT2D eigenvalue weighted by atomic mass is 9.96. The summed E-state index contributed by atoms with van der Waals surface area (Å²) in [6, 6.07) is 16.7. The molecule has 0 saturated carbocycles. The van der Waals surface area contributed by atoms with Crippen molar-refractivity contribution < 1.29 is 0 Å². The summed E-state index contributed by atoms with van der Waals surface area (Å²) in [5.41, 5.74) is 9.78. The zero-order valence-electron chi connectivity index (χ0n) is 11.4. The van der Waals surface area contributed by atoms with Crippen LogP contribution in [0.4, 0.5) is 0 Å². The third-order valence-electron chi connectivity index (χ3n) is 3.46. The fourth-order valence-corrected chi connectivity index (χ4v) is 2.11. The minimum absolute atomic E-state index is 0.224. The Morgan fingerprint density at radius 3 is 1.84 bits per heavy atom. The van der Waals surface area contributed by atoms with Crippen LogP contribution in [0.15, 0.2) is 48.5 Å². The monoisotopic (exact) mass is 273 g/mol. The van der Waals surface area contributed by atoms with Gasteiger partial charge < -0.3 is 5.73 Å². The Hall–Kier alpha value is -1.31. The Morgan fingerprint density at radius 1 is 0.895 bits per heavy atom. The molecule has 0 saturated heterocycles. The molecule has 1 atom stereocenters. The molecule has 2 rings (SSSR count). The fraction of sp³-hybridized carbons (Fsp3) is 0.294. The van der Waals surface area contributed by atoms with E-state index in [1.807, 2.05) is 24.3 Å². The van der Waals surface area contributed by atoms with Crippen LogP contribution >= 0.6 is 11.6 Å². The number of benzene rings is 2. The molecule has 2 aromatic rings. The highest BCUT2D eigenvalue weighted by molar-refractivity contribution is 6.30. The molecule has 0 aromatic heterocycles. The van der Waals surface area contributed by atoms with Crippen molar-refractivity contribution in [1.82, 2.24) is 0 Å². The quantitative estimate of drug-likeness (QED) is 0.870. The standard InChI is InChI=1S/C17H20ClN/c1-12(2)17(19)11-13-3-5-14(6-4-13)15-7-9-16(18)10-8-15/h3-10,12,17H,11,19H2,1-2H3. The summed E-state index contributed by atoms with van der Waals surface area (Å²) in [4.78, 5) is 0. The number of hydrogen-bond donors (Lipinski definition) is 1. The first-order chi connectivity index (χ1) is 9.06. The van der Waals surface area contributed by atoms with E-state index in [0.29, 0.717) is 5.92 Å². The molecule has 0 amide bonds. The Labute approximate surface area is 120 Å². The van der Waals surface area contributed by atoms with Gasteiger partial charge in [-0.1, -0.05) is 61.8 Å². The van der Waals surface area contributed by atoms with Crippen molar-refractivity contribution >= 4 is 11.6 Å². The first-order valence-electron chi connectivity index (χ1n) is 6.66. The van der Waals surface area contributed by atoms with Crippen LogP contribution in [-0.2, 0) is 6.42 Å². The van der Waals surface area contributed by atoms with E-state index in [-0.39, 0.29) is 6.04 Å². The molecule has 0 aliphatic heterocycles. The van der Waals surface area contributed by atoms with E-state index in [1.165, 1.54) is 16.7 Å². The summed E-state index contributed by atoms with van der Waals surface area (Å²) in [6.45, 7) is 4.32. The van der Waals surface area contributed by atoms with Crippen molar-refractivity contribution in [2.24, 2.45) is 11.7 Å². The zero-order chi connectivity index (χ0) is 13.8.